The van der Waals surface area contributed by atoms with Crippen LogP contribution in [0.2, 0.25) is 0 Å². The van der Waals surface area contributed by atoms with Gasteiger partial charge in [0.15, 0.2) is 5.76 Å². The lowest BCUT2D eigenvalue weighted by molar-refractivity contribution is 0.165. The van der Waals surface area contributed by atoms with Crippen molar-refractivity contribution in [2.45, 2.75) is 32.7 Å². The minimum absolute atomic E-state index is 0.663. The van der Waals surface area contributed by atoms with E-state index in [0.717, 1.165) is 43.3 Å². The van der Waals surface area contributed by atoms with Gasteiger partial charge in [-0.15, -0.1) is 0 Å². The molecule has 0 bridgehead atoms. The number of furan rings is 1. The number of aromatic nitrogens is 4. The molecule has 1 atom stereocenters. The third-order valence-corrected chi connectivity index (χ3v) is 5.09. The summed E-state index contributed by atoms with van der Waals surface area (Å²) in [4.78, 5) is 7.01. The summed E-state index contributed by atoms with van der Waals surface area (Å²) in [6, 6.07) is 4.00. The Morgan fingerprint density at radius 3 is 3.04 bits per heavy atom. The van der Waals surface area contributed by atoms with E-state index < -0.39 is 0 Å². The molecule has 3 aromatic rings. The number of nitrogens with zero attached hydrogens (tertiary/aromatic N) is 4. The maximum atomic E-state index is 5.76. The number of imidazole rings is 1. The van der Waals surface area contributed by atoms with E-state index >= 15 is 0 Å². The van der Waals surface area contributed by atoms with Crippen LogP contribution in [-0.4, -0.2) is 37.7 Å². The second kappa shape index (κ2) is 6.88. The Labute approximate surface area is 147 Å². The first-order valence-corrected chi connectivity index (χ1v) is 8.96. The first kappa shape index (κ1) is 16.1. The van der Waals surface area contributed by atoms with Crippen molar-refractivity contribution >= 4 is 0 Å². The molecule has 1 aliphatic rings. The maximum Gasteiger partial charge on any atom is 0.152 e. The van der Waals surface area contributed by atoms with Gasteiger partial charge in [0.05, 0.1) is 6.20 Å². The van der Waals surface area contributed by atoms with E-state index in [1.165, 1.54) is 24.2 Å². The lowest BCUT2D eigenvalue weighted by Crippen LogP contribution is -2.36. The summed E-state index contributed by atoms with van der Waals surface area (Å²) in [6.45, 7) is 5.11. The average molecular weight is 339 g/mol. The number of hydrogen-bond acceptors (Lipinski definition) is 4. The van der Waals surface area contributed by atoms with Gasteiger partial charge in [-0.25, -0.2) is 4.98 Å². The summed E-state index contributed by atoms with van der Waals surface area (Å²) in [5, 5.41) is 7.34. The van der Waals surface area contributed by atoms with Crippen molar-refractivity contribution in [2.24, 2.45) is 13.0 Å². The molecule has 1 saturated heterocycles. The van der Waals surface area contributed by atoms with Crippen LogP contribution in [0, 0.1) is 12.8 Å². The van der Waals surface area contributed by atoms with Crippen LogP contribution in [0.5, 0.6) is 0 Å². The van der Waals surface area contributed by atoms with E-state index in [-0.39, 0.29) is 0 Å². The maximum absolute atomic E-state index is 5.76. The van der Waals surface area contributed by atoms with Gasteiger partial charge in [-0.1, -0.05) is 0 Å². The van der Waals surface area contributed by atoms with Crippen LogP contribution in [0.25, 0.3) is 11.5 Å². The van der Waals surface area contributed by atoms with Gasteiger partial charge in [-0.2, -0.15) is 5.10 Å². The van der Waals surface area contributed by atoms with Gasteiger partial charge in [-0.3, -0.25) is 10.00 Å². The largest absolute Gasteiger partial charge is 0.460 e. The molecular weight excluding hydrogens is 314 g/mol. The highest BCUT2D eigenvalue weighted by Gasteiger charge is 2.23. The SMILES string of the molecule is Cc1ccc(-c2[nH]ncc2CN2CCC[C@H](Cc3nccn3C)C2)o1. The standard InChI is InChI=1S/C19H25N5O/c1-14-5-6-17(25-14)19-16(11-21-22-19)13-24-8-3-4-15(12-24)10-18-20-7-9-23(18)2/h5-7,9,11,15H,3-4,8,10,12-13H2,1-2H3,(H,21,22)/t15-/m1/s1. The van der Waals surface area contributed by atoms with Crippen LogP contribution < -0.4 is 0 Å². The second-order valence-electron chi connectivity index (χ2n) is 7.08. The van der Waals surface area contributed by atoms with Crippen molar-refractivity contribution in [1.29, 1.82) is 0 Å². The molecule has 4 rings (SSSR count). The van der Waals surface area contributed by atoms with E-state index in [1.807, 2.05) is 37.6 Å². The fraction of sp³-hybridized carbons (Fsp3) is 0.474. The molecule has 0 aromatic carbocycles. The van der Waals surface area contributed by atoms with Crippen molar-refractivity contribution in [3.8, 4) is 11.5 Å². The first-order chi connectivity index (χ1) is 12.2. The summed E-state index contributed by atoms with van der Waals surface area (Å²) in [5.41, 5.74) is 2.20. The van der Waals surface area contributed by atoms with E-state index in [1.54, 1.807) is 0 Å². The number of H-pyrrole nitrogens is 1. The lowest BCUT2D eigenvalue weighted by Gasteiger charge is -2.32. The monoisotopic (exact) mass is 339 g/mol. The van der Waals surface area contributed by atoms with Crippen LogP contribution in [0.1, 0.15) is 30.0 Å². The summed E-state index contributed by atoms with van der Waals surface area (Å²) in [5.74, 6) is 3.63. The molecule has 6 nitrogen and oxygen atoms in total. The van der Waals surface area contributed by atoms with Gasteiger partial charge in [0, 0.05) is 44.5 Å². The van der Waals surface area contributed by atoms with Crippen LogP contribution in [-0.2, 0) is 20.0 Å². The van der Waals surface area contributed by atoms with Gasteiger partial charge < -0.3 is 8.98 Å². The molecule has 1 aliphatic heterocycles. The number of aromatic amines is 1. The normalized spacial score (nSPS) is 18.7. The predicted octanol–water partition coefficient (Wildman–Crippen LogP) is 3.17. The molecule has 0 amide bonds. The highest BCUT2D eigenvalue weighted by atomic mass is 16.3. The number of likely N-dealkylation sites (tertiary alicyclic amines) is 1. The predicted molar refractivity (Wildman–Crippen MR) is 95.9 cm³/mol. The average Bonchev–Trinajstić information content (AvgIpc) is 3.31. The molecule has 0 aliphatic carbocycles. The fourth-order valence-electron chi connectivity index (χ4n) is 3.77. The molecular formula is C19H25N5O. The summed E-state index contributed by atoms with van der Waals surface area (Å²) < 4.78 is 7.89. The molecule has 3 aromatic heterocycles. The molecule has 1 N–H and O–H groups in total. The Bertz CT molecular complexity index is 830. The Hall–Kier alpha value is -2.34. The minimum Gasteiger partial charge on any atom is -0.460 e. The van der Waals surface area contributed by atoms with Gasteiger partial charge in [0.1, 0.15) is 17.3 Å². The first-order valence-electron chi connectivity index (χ1n) is 8.96. The van der Waals surface area contributed by atoms with Crippen LogP contribution >= 0.6 is 0 Å². The molecule has 0 saturated carbocycles. The lowest BCUT2D eigenvalue weighted by atomic mass is 9.94. The zero-order chi connectivity index (χ0) is 17.2. The van der Waals surface area contributed by atoms with Crippen LogP contribution in [0.3, 0.4) is 0 Å². The number of aryl methyl sites for hydroxylation is 2. The van der Waals surface area contributed by atoms with E-state index in [4.69, 9.17) is 4.42 Å². The Morgan fingerprint density at radius 1 is 1.36 bits per heavy atom. The van der Waals surface area contributed by atoms with E-state index in [2.05, 4.69) is 31.7 Å². The van der Waals surface area contributed by atoms with Gasteiger partial charge >= 0.3 is 0 Å². The van der Waals surface area contributed by atoms with Gasteiger partial charge in [0.25, 0.3) is 0 Å². The molecule has 132 valence electrons. The number of piperidine rings is 1. The third-order valence-electron chi connectivity index (χ3n) is 5.09. The molecule has 6 heteroatoms. The summed E-state index contributed by atoms with van der Waals surface area (Å²) in [7, 11) is 2.08. The number of nitrogens with one attached hydrogen (secondary N) is 1. The van der Waals surface area contributed by atoms with Crippen molar-refractivity contribution < 1.29 is 4.42 Å². The molecule has 25 heavy (non-hydrogen) atoms. The summed E-state index contributed by atoms with van der Waals surface area (Å²) in [6.07, 6.45) is 9.41. The topological polar surface area (TPSA) is 62.9 Å². The zero-order valence-corrected chi connectivity index (χ0v) is 14.9. The zero-order valence-electron chi connectivity index (χ0n) is 14.9. The van der Waals surface area contributed by atoms with Crippen LogP contribution in [0.15, 0.2) is 35.1 Å². The smallest absolute Gasteiger partial charge is 0.152 e. The van der Waals surface area contributed by atoms with Crippen molar-refractivity contribution in [3.63, 3.8) is 0 Å². The number of rotatable bonds is 5. The molecule has 0 spiro atoms. The highest BCUT2D eigenvalue weighted by molar-refractivity contribution is 5.56. The van der Waals surface area contributed by atoms with E-state index in [9.17, 15) is 0 Å². The molecule has 0 unspecified atom stereocenters. The summed E-state index contributed by atoms with van der Waals surface area (Å²) >= 11 is 0. The Kier molecular flexibility index (Phi) is 4.44. The Balaban J connectivity index is 1.43. The van der Waals surface area contributed by atoms with Crippen molar-refractivity contribution in [3.05, 3.63) is 47.9 Å². The second-order valence-corrected chi connectivity index (χ2v) is 7.08. The van der Waals surface area contributed by atoms with Gasteiger partial charge in [0.2, 0.25) is 0 Å². The Morgan fingerprint density at radius 2 is 2.28 bits per heavy atom. The quantitative estimate of drug-likeness (QED) is 0.775. The van der Waals surface area contributed by atoms with Crippen molar-refractivity contribution in [2.75, 3.05) is 13.1 Å². The number of hydrogen-bond donors (Lipinski definition) is 1. The minimum atomic E-state index is 0.663. The van der Waals surface area contributed by atoms with E-state index in [0.29, 0.717) is 5.92 Å². The molecule has 1 fully saturated rings. The third kappa shape index (κ3) is 3.54. The molecule has 0 radical (unpaired) electrons. The van der Waals surface area contributed by atoms with Crippen molar-refractivity contribution in [1.82, 2.24) is 24.6 Å². The van der Waals surface area contributed by atoms with Crippen LogP contribution in [0.4, 0.5) is 0 Å². The fourth-order valence-corrected chi connectivity index (χ4v) is 3.77. The van der Waals surface area contributed by atoms with Gasteiger partial charge in [-0.05, 0) is 44.4 Å². The highest BCUT2D eigenvalue weighted by Crippen LogP contribution is 2.27. The molecule has 4 heterocycles.